The molecule has 0 aliphatic heterocycles. The van der Waals surface area contributed by atoms with Gasteiger partial charge in [-0.3, -0.25) is 10.1 Å². The Morgan fingerprint density at radius 3 is 2.68 bits per heavy atom. The molecule has 3 N–H and O–H groups in total. The molecular weight excluding hydrogens is 318 g/mol. The molecule has 2 aromatic rings. The van der Waals surface area contributed by atoms with Gasteiger partial charge in [-0.2, -0.15) is 4.98 Å². The second-order valence-corrected chi connectivity index (χ2v) is 6.48. The fourth-order valence-electron chi connectivity index (χ4n) is 2.00. The largest absolute Gasteiger partial charge is 0.439 e. The van der Waals surface area contributed by atoms with Crippen LogP contribution in [0.5, 0.6) is 11.6 Å². The molecule has 1 aromatic heterocycles. The van der Waals surface area contributed by atoms with Crippen LogP contribution in [0.15, 0.2) is 30.5 Å². The summed E-state index contributed by atoms with van der Waals surface area (Å²) in [4.78, 5) is 23.6. The molecule has 1 aromatic carbocycles. The lowest BCUT2D eigenvalue weighted by atomic mass is 10.0. The number of rotatable bonds is 5. The average molecular weight is 339 g/mol. The molecule has 2 rings (SSSR count). The second kappa shape index (κ2) is 7.28. The van der Waals surface area contributed by atoms with Crippen molar-refractivity contribution in [2.24, 2.45) is 5.73 Å². The highest BCUT2D eigenvalue weighted by atomic mass is 16.5. The molecule has 7 nitrogen and oxygen atoms in total. The van der Waals surface area contributed by atoms with E-state index in [4.69, 9.17) is 17.0 Å². The number of hydrogen-bond donors (Lipinski definition) is 2. The number of ether oxygens (including phenoxy) is 1. The number of aromatic nitrogens is 2. The van der Waals surface area contributed by atoms with Gasteiger partial charge in [0.25, 0.3) is 0 Å². The summed E-state index contributed by atoms with van der Waals surface area (Å²) in [5.74, 6) is 0.757. The first-order chi connectivity index (χ1) is 11.7. The molecule has 0 radical (unpaired) electrons. The lowest BCUT2D eigenvalue weighted by Crippen LogP contribution is -2.45. The molecule has 0 saturated heterocycles. The number of carbonyl (C=O) groups is 1. The fourth-order valence-corrected chi connectivity index (χ4v) is 2.00. The van der Waals surface area contributed by atoms with E-state index in [2.05, 4.69) is 20.1 Å². The van der Waals surface area contributed by atoms with Gasteiger partial charge in [0.2, 0.25) is 17.7 Å². The summed E-state index contributed by atoms with van der Waals surface area (Å²) in [5, 5.41) is 2.55. The molecule has 7 heteroatoms. The van der Waals surface area contributed by atoms with Gasteiger partial charge in [0.1, 0.15) is 5.75 Å². The molecule has 0 spiro atoms. The molecule has 0 aliphatic carbocycles. The van der Waals surface area contributed by atoms with E-state index in [0.717, 1.165) is 5.56 Å². The Hall–Kier alpha value is -2.98. The van der Waals surface area contributed by atoms with Gasteiger partial charge in [-0.05, 0) is 37.5 Å². The molecule has 0 unspecified atom stereocenters. The maximum absolute atomic E-state index is 11.9. The van der Waals surface area contributed by atoms with Crippen LogP contribution in [-0.2, 0) is 4.79 Å². The van der Waals surface area contributed by atoms with E-state index in [0.29, 0.717) is 11.4 Å². The van der Waals surface area contributed by atoms with Crippen LogP contribution >= 0.6 is 0 Å². The second-order valence-electron chi connectivity index (χ2n) is 6.48. The fraction of sp³-hybridized carbons (Fsp3) is 0.333. The van der Waals surface area contributed by atoms with Crippen LogP contribution < -0.4 is 15.8 Å². The third kappa shape index (κ3) is 4.75. The Bertz CT molecular complexity index is 819. The highest BCUT2D eigenvalue weighted by molar-refractivity contribution is 5.95. The minimum absolute atomic E-state index is 0.114. The zero-order chi connectivity index (χ0) is 18.6. The zero-order valence-electron chi connectivity index (χ0n) is 14.7. The van der Waals surface area contributed by atoms with Crippen molar-refractivity contribution in [3.63, 3.8) is 0 Å². The van der Waals surface area contributed by atoms with Crippen LogP contribution in [0, 0.1) is 6.57 Å². The Kier molecular flexibility index (Phi) is 5.35. The summed E-state index contributed by atoms with van der Waals surface area (Å²) in [6.45, 7) is 14.4. The lowest BCUT2D eigenvalue weighted by Gasteiger charge is -2.17. The summed E-state index contributed by atoms with van der Waals surface area (Å²) >= 11 is 0. The number of amides is 1. The van der Waals surface area contributed by atoms with E-state index in [9.17, 15) is 4.79 Å². The predicted molar refractivity (Wildman–Crippen MR) is 95.8 cm³/mol. The highest BCUT2D eigenvalue weighted by Gasteiger charge is 2.22. The van der Waals surface area contributed by atoms with E-state index in [1.807, 2.05) is 19.9 Å². The standard InChI is InChI=1S/C18H21N5O2/c1-11(2)13-10-12(6-7-14(13)20-5)25-15-8-9-21-17(22-15)23-16(24)18(3,4)19/h6-11H,19H2,1-4H3,(H,21,22,23,24). The van der Waals surface area contributed by atoms with E-state index in [1.54, 1.807) is 32.0 Å². The van der Waals surface area contributed by atoms with Crippen LogP contribution in [0.2, 0.25) is 0 Å². The first-order valence-electron chi connectivity index (χ1n) is 7.83. The SMILES string of the molecule is [C-]#[N+]c1ccc(Oc2ccnc(NC(=O)C(C)(C)N)n2)cc1C(C)C. The third-order valence-electron chi connectivity index (χ3n) is 3.40. The molecule has 0 atom stereocenters. The first kappa shape index (κ1) is 18.4. The number of hydrogen-bond acceptors (Lipinski definition) is 5. The van der Waals surface area contributed by atoms with Crippen molar-refractivity contribution in [1.82, 2.24) is 9.97 Å². The van der Waals surface area contributed by atoms with Crippen molar-refractivity contribution in [1.29, 1.82) is 0 Å². The van der Waals surface area contributed by atoms with Crippen molar-refractivity contribution in [2.45, 2.75) is 39.2 Å². The van der Waals surface area contributed by atoms with Crippen molar-refractivity contribution < 1.29 is 9.53 Å². The van der Waals surface area contributed by atoms with Gasteiger partial charge in [-0.15, -0.1) is 0 Å². The van der Waals surface area contributed by atoms with Crippen LogP contribution in [0.25, 0.3) is 4.85 Å². The molecule has 0 fully saturated rings. The molecule has 25 heavy (non-hydrogen) atoms. The molecule has 1 heterocycles. The van der Waals surface area contributed by atoms with E-state index in [1.165, 1.54) is 6.20 Å². The van der Waals surface area contributed by atoms with Crippen molar-refractivity contribution in [2.75, 3.05) is 5.32 Å². The molecule has 0 saturated carbocycles. The van der Waals surface area contributed by atoms with Crippen molar-refractivity contribution >= 4 is 17.5 Å². The topological polar surface area (TPSA) is 94.5 Å². The summed E-state index contributed by atoms with van der Waals surface area (Å²) in [6, 6.07) is 6.84. The quantitative estimate of drug-likeness (QED) is 0.811. The van der Waals surface area contributed by atoms with E-state index >= 15 is 0 Å². The smallest absolute Gasteiger partial charge is 0.246 e. The Morgan fingerprint density at radius 1 is 1.36 bits per heavy atom. The minimum atomic E-state index is -1.04. The number of nitrogens with zero attached hydrogens (tertiary/aromatic N) is 3. The predicted octanol–water partition coefficient (Wildman–Crippen LogP) is 3.62. The molecular formula is C18H21N5O2. The van der Waals surface area contributed by atoms with Crippen molar-refractivity contribution in [3.05, 3.63) is 47.4 Å². The van der Waals surface area contributed by atoms with Gasteiger partial charge in [0, 0.05) is 12.3 Å². The van der Waals surface area contributed by atoms with Gasteiger partial charge in [0.05, 0.1) is 12.1 Å². The Morgan fingerprint density at radius 2 is 2.08 bits per heavy atom. The highest BCUT2D eigenvalue weighted by Crippen LogP contribution is 2.32. The van der Waals surface area contributed by atoms with Gasteiger partial charge in [-0.25, -0.2) is 9.83 Å². The summed E-state index contributed by atoms with van der Waals surface area (Å²) in [7, 11) is 0. The molecule has 0 bridgehead atoms. The summed E-state index contributed by atoms with van der Waals surface area (Å²) < 4.78 is 5.74. The van der Waals surface area contributed by atoms with Gasteiger partial charge in [0.15, 0.2) is 5.69 Å². The number of nitrogens with one attached hydrogen (secondary N) is 1. The van der Waals surface area contributed by atoms with Crippen LogP contribution in [-0.4, -0.2) is 21.4 Å². The van der Waals surface area contributed by atoms with Crippen LogP contribution in [0.3, 0.4) is 0 Å². The number of carbonyl (C=O) groups excluding carboxylic acids is 1. The maximum atomic E-state index is 11.9. The van der Waals surface area contributed by atoms with Gasteiger partial charge < -0.3 is 10.5 Å². The average Bonchev–Trinajstić information content (AvgIpc) is 2.54. The lowest BCUT2D eigenvalue weighted by molar-refractivity contribution is -0.120. The van der Waals surface area contributed by atoms with Crippen molar-refractivity contribution in [3.8, 4) is 11.6 Å². The zero-order valence-corrected chi connectivity index (χ0v) is 14.7. The number of nitrogens with two attached hydrogens (primary N) is 1. The van der Waals surface area contributed by atoms with E-state index < -0.39 is 11.4 Å². The summed E-state index contributed by atoms with van der Waals surface area (Å²) in [5.41, 5.74) is 6.20. The van der Waals surface area contributed by atoms with Crippen LogP contribution in [0.1, 0.15) is 39.2 Å². The number of anilines is 1. The first-order valence-corrected chi connectivity index (χ1v) is 7.83. The minimum Gasteiger partial charge on any atom is -0.439 e. The van der Waals surface area contributed by atoms with E-state index in [-0.39, 0.29) is 17.7 Å². The van der Waals surface area contributed by atoms with Gasteiger partial charge in [-0.1, -0.05) is 19.9 Å². The van der Waals surface area contributed by atoms with Crippen LogP contribution in [0.4, 0.5) is 11.6 Å². The monoisotopic (exact) mass is 339 g/mol. The summed E-state index contributed by atoms with van der Waals surface area (Å²) in [6.07, 6.45) is 1.48. The molecule has 130 valence electrons. The van der Waals surface area contributed by atoms with Gasteiger partial charge >= 0.3 is 0 Å². The molecule has 1 amide bonds. The molecule has 0 aliphatic rings. The maximum Gasteiger partial charge on any atom is 0.246 e. The number of benzene rings is 1. The third-order valence-corrected chi connectivity index (χ3v) is 3.40. The Balaban J connectivity index is 2.22. The Labute approximate surface area is 147 Å². The normalized spacial score (nSPS) is 11.1.